The molecule has 5 rings (SSSR count). The summed E-state index contributed by atoms with van der Waals surface area (Å²) < 4.78 is 35.0. The van der Waals surface area contributed by atoms with Crippen LogP contribution in [0.5, 0.6) is 5.75 Å². The molecule has 3 heterocycles. The fourth-order valence-corrected chi connectivity index (χ4v) is 5.32. The number of hydrogen-bond acceptors (Lipinski definition) is 6. The van der Waals surface area contributed by atoms with Crippen molar-refractivity contribution in [3.05, 3.63) is 75.4 Å². The zero-order chi connectivity index (χ0) is 23.1. The second-order valence-electron chi connectivity index (χ2n) is 7.45. The topological polar surface area (TPSA) is 64.4 Å². The zero-order valence-corrected chi connectivity index (χ0v) is 19.0. The molecule has 0 N–H and O–H groups in total. The van der Waals surface area contributed by atoms with Gasteiger partial charge in [-0.2, -0.15) is 0 Å². The summed E-state index contributed by atoms with van der Waals surface area (Å²) >= 11 is 2.25. The van der Waals surface area contributed by atoms with E-state index in [4.69, 9.17) is 4.74 Å². The fourth-order valence-electron chi connectivity index (χ4n) is 3.68. The molecule has 0 atom stereocenters. The number of rotatable bonds is 4. The molecule has 0 saturated heterocycles. The second kappa shape index (κ2) is 8.60. The highest BCUT2D eigenvalue weighted by Gasteiger charge is 2.25. The van der Waals surface area contributed by atoms with Crippen LogP contribution < -0.4 is 15.2 Å². The third-order valence-electron chi connectivity index (χ3n) is 5.16. The van der Waals surface area contributed by atoms with Crippen LogP contribution in [0.4, 0.5) is 14.5 Å². The van der Waals surface area contributed by atoms with Crippen LogP contribution >= 0.6 is 23.1 Å². The second-order valence-corrected chi connectivity index (χ2v) is 9.31. The van der Waals surface area contributed by atoms with E-state index >= 15 is 0 Å². The number of hydrogen-bond donors (Lipinski definition) is 0. The molecule has 0 unspecified atom stereocenters. The van der Waals surface area contributed by atoms with Crippen LogP contribution in [0.15, 0.2) is 57.8 Å². The predicted octanol–water partition coefficient (Wildman–Crippen LogP) is 4.55. The van der Waals surface area contributed by atoms with Crippen molar-refractivity contribution in [2.45, 2.75) is 12.1 Å². The number of carbonyl (C=O) groups is 1. The normalized spacial score (nSPS) is 13.1. The quantitative estimate of drug-likeness (QED) is 0.313. The number of ether oxygens (including phenoxy) is 1. The Hall–Kier alpha value is -3.24. The lowest BCUT2D eigenvalue weighted by atomic mass is 10.1. The van der Waals surface area contributed by atoms with Crippen LogP contribution in [-0.2, 0) is 4.79 Å². The Balaban J connectivity index is 1.50. The minimum Gasteiger partial charge on any atom is -0.490 e. The summed E-state index contributed by atoms with van der Waals surface area (Å²) in [6.07, 6.45) is 0. The molecule has 0 fully saturated rings. The summed E-state index contributed by atoms with van der Waals surface area (Å²) in [6, 6.07) is 10.2. The average molecular weight is 486 g/mol. The summed E-state index contributed by atoms with van der Waals surface area (Å²) in [5.74, 6) is -1.19. The Kier molecular flexibility index (Phi) is 5.63. The van der Waals surface area contributed by atoms with Crippen molar-refractivity contribution in [3.8, 4) is 11.4 Å². The van der Waals surface area contributed by atoms with Crippen LogP contribution in [0.25, 0.3) is 15.9 Å². The maximum Gasteiger partial charge on any atom is 0.276 e. The van der Waals surface area contributed by atoms with E-state index in [2.05, 4.69) is 4.98 Å². The number of benzene rings is 2. The Morgan fingerprint density at radius 3 is 2.76 bits per heavy atom. The number of thioether (sulfide) groups is 1. The van der Waals surface area contributed by atoms with Crippen molar-refractivity contribution >= 4 is 44.9 Å². The molecule has 0 bridgehead atoms. The number of carbonyl (C=O) groups excluding carboxylic acids is 1. The molecule has 0 radical (unpaired) electrons. The highest BCUT2D eigenvalue weighted by atomic mass is 32.2. The van der Waals surface area contributed by atoms with Gasteiger partial charge in [0.2, 0.25) is 5.91 Å². The van der Waals surface area contributed by atoms with Gasteiger partial charge in [0.25, 0.3) is 5.56 Å². The molecule has 1 amide bonds. The maximum atomic E-state index is 13.9. The standard InChI is InChI=1S/C23H17F2N3O3S2/c1-13-2-3-19-18(8-13)27(5-6-31-19)20(29)12-33-23-26-17-4-7-32-21(17)22(30)28(23)16-10-14(24)9-15(25)11-16/h2-4,7-11H,5-6,12H2,1H3. The van der Waals surface area contributed by atoms with Crippen LogP contribution in [0, 0.1) is 18.6 Å². The molecule has 0 spiro atoms. The molecule has 168 valence electrons. The van der Waals surface area contributed by atoms with Crippen LogP contribution in [0.1, 0.15) is 5.56 Å². The summed E-state index contributed by atoms with van der Waals surface area (Å²) in [4.78, 5) is 32.4. The minimum absolute atomic E-state index is 0.0163. The molecular weight excluding hydrogens is 468 g/mol. The lowest BCUT2D eigenvalue weighted by Gasteiger charge is -2.29. The molecule has 10 heteroatoms. The Morgan fingerprint density at radius 2 is 1.97 bits per heavy atom. The van der Waals surface area contributed by atoms with Gasteiger partial charge in [0.05, 0.1) is 29.2 Å². The third kappa shape index (κ3) is 4.11. The lowest BCUT2D eigenvalue weighted by molar-refractivity contribution is -0.116. The molecular formula is C23H17F2N3O3S2. The van der Waals surface area contributed by atoms with Crippen LogP contribution in [-0.4, -0.2) is 34.4 Å². The fraction of sp³-hybridized carbons (Fsp3) is 0.174. The Morgan fingerprint density at radius 1 is 1.18 bits per heavy atom. The highest BCUT2D eigenvalue weighted by Crippen LogP contribution is 2.33. The van der Waals surface area contributed by atoms with E-state index in [1.165, 1.54) is 11.3 Å². The van der Waals surface area contributed by atoms with Gasteiger partial charge >= 0.3 is 0 Å². The first-order valence-corrected chi connectivity index (χ1v) is 11.9. The number of thiophene rings is 1. The third-order valence-corrected chi connectivity index (χ3v) is 6.97. The van der Waals surface area contributed by atoms with Gasteiger partial charge in [-0.05, 0) is 48.2 Å². The number of nitrogens with zero attached hydrogens (tertiary/aromatic N) is 3. The van der Waals surface area contributed by atoms with Gasteiger partial charge in [-0.15, -0.1) is 11.3 Å². The van der Waals surface area contributed by atoms with Crippen molar-refractivity contribution < 1.29 is 18.3 Å². The van der Waals surface area contributed by atoms with Crippen molar-refractivity contribution in [2.75, 3.05) is 23.8 Å². The number of aryl methyl sites for hydroxylation is 1. The molecule has 2 aromatic carbocycles. The van der Waals surface area contributed by atoms with E-state index in [1.807, 2.05) is 25.1 Å². The smallest absolute Gasteiger partial charge is 0.276 e. The van der Waals surface area contributed by atoms with Crippen molar-refractivity contribution in [2.24, 2.45) is 0 Å². The molecule has 1 aliphatic heterocycles. The van der Waals surface area contributed by atoms with Crippen LogP contribution in [0.2, 0.25) is 0 Å². The summed E-state index contributed by atoms with van der Waals surface area (Å²) in [7, 11) is 0. The van der Waals surface area contributed by atoms with E-state index < -0.39 is 17.2 Å². The van der Waals surface area contributed by atoms with E-state index in [1.54, 1.807) is 16.3 Å². The maximum absolute atomic E-state index is 13.9. The summed E-state index contributed by atoms with van der Waals surface area (Å²) in [5, 5.41) is 1.91. The van der Waals surface area contributed by atoms with Gasteiger partial charge < -0.3 is 9.64 Å². The zero-order valence-electron chi connectivity index (χ0n) is 17.4. The Labute approximate surface area is 195 Å². The first-order valence-electron chi connectivity index (χ1n) is 10.0. The lowest BCUT2D eigenvalue weighted by Crippen LogP contribution is -2.39. The molecule has 6 nitrogen and oxygen atoms in total. The van der Waals surface area contributed by atoms with E-state index in [0.29, 0.717) is 34.8 Å². The van der Waals surface area contributed by atoms with E-state index in [-0.39, 0.29) is 22.5 Å². The number of halogens is 2. The molecule has 2 aromatic heterocycles. The summed E-state index contributed by atoms with van der Waals surface area (Å²) in [6.45, 7) is 2.71. The number of amides is 1. The largest absolute Gasteiger partial charge is 0.490 e. The summed E-state index contributed by atoms with van der Waals surface area (Å²) in [5.41, 5.74) is 1.74. The monoisotopic (exact) mass is 485 g/mol. The van der Waals surface area contributed by atoms with Gasteiger partial charge in [-0.25, -0.2) is 13.8 Å². The minimum atomic E-state index is -0.810. The molecule has 33 heavy (non-hydrogen) atoms. The van der Waals surface area contributed by atoms with Gasteiger partial charge in [-0.3, -0.25) is 14.2 Å². The van der Waals surface area contributed by atoms with E-state index in [0.717, 1.165) is 40.1 Å². The van der Waals surface area contributed by atoms with Gasteiger partial charge in [-0.1, -0.05) is 17.8 Å². The van der Waals surface area contributed by atoms with Gasteiger partial charge in [0, 0.05) is 6.07 Å². The Bertz CT molecular complexity index is 1430. The van der Waals surface area contributed by atoms with Crippen molar-refractivity contribution in [1.82, 2.24) is 9.55 Å². The predicted molar refractivity (Wildman–Crippen MR) is 125 cm³/mol. The SMILES string of the molecule is Cc1ccc2c(c1)N(C(=O)CSc1nc3ccsc3c(=O)n1-c1cc(F)cc(F)c1)CCO2. The van der Waals surface area contributed by atoms with Crippen molar-refractivity contribution in [1.29, 1.82) is 0 Å². The molecule has 0 saturated carbocycles. The highest BCUT2D eigenvalue weighted by molar-refractivity contribution is 7.99. The van der Waals surface area contributed by atoms with Gasteiger partial charge in [0.15, 0.2) is 5.16 Å². The number of anilines is 1. The molecule has 1 aliphatic rings. The number of aromatic nitrogens is 2. The molecule has 0 aliphatic carbocycles. The first kappa shape index (κ1) is 21.6. The first-order chi connectivity index (χ1) is 15.9. The average Bonchev–Trinajstić information content (AvgIpc) is 3.25. The van der Waals surface area contributed by atoms with Crippen LogP contribution in [0.3, 0.4) is 0 Å². The van der Waals surface area contributed by atoms with Gasteiger partial charge in [0.1, 0.15) is 28.7 Å². The number of fused-ring (bicyclic) bond motifs is 2. The van der Waals surface area contributed by atoms with E-state index in [9.17, 15) is 18.4 Å². The van der Waals surface area contributed by atoms with Crippen molar-refractivity contribution in [3.63, 3.8) is 0 Å². The molecule has 4 aromatic rings.